The van der Waals surface area contributed by atoms with E-state index in [1.54, 1.807) is 13.0 Å². The Bertz CT molecular complexity index is 273. The summed E-state index contributed by atoms with van der Waals surface area (Å²) in [6.45, 7) is 3.58. The van der Waals surface area contributed by atoms with Gasteiger partial charge in [-0.25, -0.2) is 4.79 Å². The first-order chi connectivity index (χ1) is 5.15. The molecule has 0 aromatic carbocycles. The molecule has 11 heavy (non-hydrogen) atoms. The number of carboxylic acids is 1. The van der Waals surface area contributed by atoms with Crippen molar-refractivity contribution in [3.8, 4) is 0 Å². The lowest BCUT2D eigenvalue weighted by molar-refractivity contribution is 0.0695. The maximum Gasteiger partial charge on any atom is 0.339 e. The van der Waals surface area contributed by atoms with E-state index in [1.165, 1.54) is 0 Å². The van der Waals surface area contributed by atoms with Crippen LogP contribution in [0.3, 0.4) is 0 Å². The third kappa shape index (κ3) is 1.42. The number of hydrogen-bond donors (Lipinski definition) is 1. The number of carboxylic acid groups (broad SMARTS) is 1. The van der Waals surface area contributed by atoms with Crippen molar-refractivity contribution in [2.45, 2.75) is 20.3 Å². The van der Waals surface area contributed by atoms with Crippen molar-refractivity contribution >= 4 is 5.97 Å². The molecule has 1 N–H and O–H groups in total. The monoisotopic (exact) mass is 154 g/mol. The summed E-state index contributed by atoms with van der Waals surface area (Å²) in [5, 5.41) is 8.61. The van der Waals surface area contributed by atoms with Gasteiger partial charge in [-0.15, -0.1) is 0 Å². The molecule has 0 aliphatic rings. The maximum atomic E-state index is 10.5. The van der Waals surface area contributed by atoms with E-state index in [0.29, 0.717) is 5.76 Å². The predicted octanol–water partition coefficient (Wildman–Crippen LogP) is 1.85. The lowest BCUT2D eigenvalue weighted by atomic mass is 10.2. The average Bonchev–Trinajstić information content (AvgIpc) is 2.30. The molecule has 0 fully saturated rings. The summed E-state index contributed by atoms with van der Waals surface area (Å²) in [5.74, 6) is 0.278. The molecular weight excluding hydrogens is 144 g/mol. The third-order valence-electron chi connectivity index (χ3n) is 1.55. The Morgan fingerprint density at radius 2 is 2.36 bits per heavy atom. The zero-order valence-corrected chi connectivity index (χ0v) is 6.55. The summed E-state index contributed by atoms with van der Waals surface area (Å²) in [6, 6.07) is 1.57. The highest BCUT2D eigenvalue weighted by atomic mass is 16.4. The van der Waals surface area contributed by atoms with E-state index in [2.05, 4.69) is 0 Å². The number of furan rings is 1. The van der Waals surface area contributed by atoms with Gasteiger partial charge in [0, 0.05) is 6.42 Å². The molecule has 0 radical (unpaired) electrons. The van der Waals surface area contributed by atoms with Crippen LogP contribution in [0.2, 0.25) is 0 Å². The average molecular weight is 154 g/mol. The molecule has 0 amide bonds. The van der Waals surface area contributed by atoms with Gasteiger partial charge in [-0.1, -0.05) is 6.92 Å². The van der Waals surface area contributed by atoms with Crippen LogP contribution in [0.15, 0.2) is 10.5 Å². The van der Waals surface area contributed by atoms with Crippen LogP contribution >= 0.6 is 0 Å². The van der Waals surface area contributed by atoms with Crippen molar-refractivity contribution in [3.05, 3.63) is 23.2 Å². The summed E-state index contributed by atoms with van der Waals surface area (Å²) in [5.41, 5.74) is 0.266. The van der Waals surface area contributed by atoms with Gasteiger partial charge in [-0.05, 0) is 13.0 Å². The zero-order chi connectivity index (χ0) is 8.43. The predicted molar refractivity (Wildman–Crippen MR) is 39.8 cm³/mol. The highest BCUT2D eigenvalue weighted by molar-refractivity contribution is 5.88. The van der Waals surface area contributed by atoms with Gasteiger partial charge in [0.05, 0.1) is 0 Å². The van der Waals surface area contributed by atoms with Crippen LogP contribution in [-0.4, -0.2) is 11.1 Å². The first-order valence-electron chi connectivity index (χ1n) is 3.47. The van der Waals surface area contributed by atoms with Gasteiger partial charge in [0.15, 0.2) is 0 Å². The highest BCUT2D eigenvalue weighted by Gasteiger charge is 2.11. The molecule has 1 aromatic heterocycles. The molecule has 0 saturated carbocycles. The van der Waals surface area contributed by atoms with Gasteiger partial charge in [-0.2, -0.15) is 0 Å². The van der Waals surface area contributed by atoms with Crippen molar-refractivity contribution in [3.63, 3.8) is 0 Å². The van der Waals surface area contributed by atoms with Crippen molar-refractivity contribution in [1.29, 1.82) is 0 Å². The van der Waals surface area contributed by atoms with Crippen LogP contribution < -0.4 is 0 Å². The Balaban J connectivity index is 3.07. The summed E-state index contributed by atoms with van der Waals surface area (Å²) < 4.78 is 5.14. The van der Waals surface area contributed by atoms with Gasteiger partial charge in [-0.3, -0.25) is 0 Å². The minimum absolute atomic E-state index is 0.266. The fourth-order valence-corrected chi connectivity index (χ4v) is 0.930. The minimum atomic E-state index is -0.925. The standard InChI is InChI=1S/C8H10O3/c1-3-6-4-7(8(9)10)5(2)11-6/h4H,3H2,1-2H3,(H,9,10). The van der Waals surface area contributed by atoms with Crippen molar-refractivity contribution in [1.82, 2.24) is 0 Å². The summed E-state index contributed by atoms with van der Waals surface area (Å²) in [6.07, 6.45) is 0.730. The van der Waals surface area contributed by atoms with Crippen molar-refractivity contribution in [2.75, 3.05) is 0 Å². The van der Waals surface area contributed by atoms with E-state index >= 15 is 0 Å². The second-order valence-corrected chi connectivity index (χ2v) is 2.34. The van der Waals surface area contributed by atoms with E-state index in [-0.39, 0.29) is 5.56 Å². The second kappa shape index (κ2) is 2.78. The fraction of sp³-hybridized carbons (Fsp3) is 0.375. The van der Waals surface area contributed by atoms with Crippen LogP contribution in [0.4, 0.5) is 0 Å². The van der Waals surface area contributed by atoms with Crippen LogP contribution in [-0.2, 0) is 6.42 Å². The SMILES string of the molecule is CCc1cc(C(=O)O)c(C)o1. The van der Waals surface area contributed by atoms with Crippen LogP contribution in [0.25, 0.3) is 0 Å². The first-order valence-corrected chi connectivity index (χ1v) is 3.47. The molecule has 0 saturated heterocycles. The van der Waals surface area contributed by atoms with Crippen LogP contribution in [0.5, 0.6) is 0 Å². The number of hydrogen-bond acceptors (Lipinski definition) is 2. The maximum absolute atomic E-state index is 10.5. The lowest BCUT2D eigenvalue weighted by Crippen LogP contribution is -1.94. The summed E-state index contributed by atoms with van der Waals surface area (Å²) in [4.78, 5) is 10.5. The molecule has 0 atom stereocenters. The van der Waals surface area contributed by atoms with Gasteiger partial charge in [0.1, 0.15) is 17.1 Å². The molecular formula is C8H10O3. The van der Waals surface area contributed by atoms with Gasteiger partial charge < -0.3 is 9.52 Å². The molecule has 1 heterocycles. The normalized spacial score (nSPS) is 10.0. The van der Waals surface area contributed by atoms with E-state index in [1.807, 2.05) is 6.92 Å². The van der Waals surface area contributed by atoms with Crippen LogP contribution in [0, 0.1) is 6.92 Å². The zero-order valence-electron chi connectivity index (χ0n) is 6.55. The molecule has 0 bridgehead atoms. The Morgan fingerprint density at radius 3 is 2.64 bits per heavy atom. The third-order valence-corrected chi connectivity index (χ3v) is 1.55. The number of carbonyl (C=O) groups is 1. The fourth-order valence-electron chi connectivity index (χ4n) is 0.930. The lowest BCUT2D eigenvalue weighted by Gasteiger charge is -1.85. The number of rotatable bonds is 2. The number of aromatic carboxylic acids is 1. The quantitative estimate of drug-likeness (QED) is 0.707. The Morgan fingerprint density at radius 1 is 1.73 bits per heavy atom. The summed E-state index contributed by atoms with van der Waals surface area (Å²) >= 11 is 0. The molecule has 0 spiro atoms. The van der Waals surface area contributed by atoms with E-state index < -0.39 is 5.97 Å². The van der Waals surface area contributed by atoms with Gasteiger partial charge in [0.25, 0.3) is 0 Å². The Hall–Kier alpha value is -1.25. The van der Waals surface area contributed by atoms with E-state index in [0.717, 1.165) is 12.2 Å². The smallest absolute Gasteiger partial charge is 0.339 e. The van der Waals surface area contributed by atoms with Crippen molar-refractivity contribution < 1.29 is 14.3 Å². The van der Waals surface area contributed by atoms with Gasteiger partial charge >= 0.3 is 5.97 Å². The highest BCUT2D eigenvalue weighted by Crippen LogP contribution is 2.14. The number of aryl methyl sites for hydroxylation is 2. The van der Waals surface area contributed by atoms with Crippen LogP contribution in [0.1, 0.15) is 28.8 Å². The molecule has 3 nitrogen and oxygen atoms in total. The minimum Gasteiger partial charge on any atom is -0.478 e. The summed E-state index contributed by atoms with van der Waals surface area (Å²) in [7, 11) is 0. The molecule has 3 heteroatoms. The molecule has 0 aliphatic carbocycles. The largest absolute Gasteiger partial charge is 0.478 e. The molecule has 1 aromatic rings. The molecule has 0 unspecified atom stereocenters. The Labute approximate surface area is 64.6 Å². The first kappa shape index (κ1) is 7.85. The molecule has 60 valence electrons. The molecule has 0 aliphatic heterocycles. The second-order valence-electron chi connectivity index (χ2n) is 2.34. The van der Waals surface area contributed by atoms with Crippen molar-refractivity contribution in [2.24, 2.45) is 0 Å². The van der Waals surface area contributed by atoms with E-state index in [9.17, 15) is 4.79 Å². The van der Waals surface area contributed by atoms with E-state index in [4.69, 9.17) is 9.52 Å². The Kier molecular flexibility index (Phi) is 1.98. The topological polar surface area (TPSA) is 50.4 Å². The molecule has 1 rings (SSSR count). The van der Waals surface area contributed by atoms with Gasteiger partial charge in [0.2, 0.25) is 0 Å².